The highest BCUT2D eigenvalue weighted by Gasteiger charge is 2.53. The zero-order valence-corrected chi connectivity index (χ0v) is 46.0. The first kappa shape index (κ1) is 53.3. The van der Waals surface area contributed by atoms with E-state index in [9.17, 15) is 38.1 Å². The number of fused-ring (bicyclic) bond motifs is 2. The largest absolute Gasteiger partial charge is 0.477 e. The summed E-state index contributed by atoms with van der Waals surface area (Å²) in [6.07, 6.45) is 11.5. The quantitative estimate of drug-likeness (QED) is 0.0523. The number of aromatic amines is 2. The number of rotatable bonds is 16. The molecule has 2 saturated heterocycles. The smallest absolute Gasteiger partial charge is 0.361 e. The first-order valence-corrected chi connectivity index (χ1v) is 30.2. The van der Waals surface area contributed by atoms with E-state index >= 15 is 0 Å². The van der Waals surface area contributed by atoms with Gasteiger partial charge in [-0.2, -0.15) is 0 Å². The minimum atomic E-state index is -4.88. The van der Waals surface area contributed by atoms with Crippen molar-refractivity contribution in [2.45, 2.75) is 75.7 Å². The third-order valence-electron chi connectivity index (χ3n) is 16.3. The molecule has 10 aromatic rings. The fourth-order valence-electron chi connectivity index (χ4n) is 12.6. The van der Waals surface area contributed by atoms with Gasteiger partial charge in [0.15, 0.2) is 0 Å². The van der Waals surface area contributed by atoms with Crippen LogP contribution in [0.5, 0.6) is 0 Å². The molecule has 416 valence electrons. The summed E-state index contributed by atoms with van der Waals surface area (Å²) in [6, 6.07) is 46.0. The molecule has 82 heavy (non-hydrogen) atoms. The number of amides is 4. The van der Waals surface area contributed by atoms with Crippen molar-refractivity contribution in [3.05, 3.63) is 215 Å². The lowest BCUT2D eigenvalue weighted by molar-refractivity contribution is -0.144. The minimum Gasteiger partial charge on any atom is -0.361 e. The number of H-pyrrole nitrogens is 2. The monoisotopic (exact) mass is 1140 g/mol. The lowest BCUT2D eigenvalue weighted by atomic mass is 9.83. The molecule has 20 heteroatoms. The molecule has 0 spiro atoms. The number of phosphoric ester groups is 2. The summed E-state index contributed by atoms with van der Waals surface area (Å²) >= 11 is 0. The molecule has 4 N–H and O–H groups in total. The van der Waals surface area contributed by atoms with Gasteiger partial charge in [-0.05, 0) is 82.3 Å². The molecule has 14 rings (SSSR count). The molecule has 4 aliphatic heterocycles. The van der Waals surface area contributed by atoms with Crippen LogP contribution in [0.2, 0.25) is 0 Å². The Morgan fingerprint density at radius 1 is 0.451 bits per heavy atom. The third kappa shape index (κ3) is 9.84. The minimum absolute atomic E-state index is 0.0444. The lowest BCUT2D eigenvalue weighted by Gasteiger charge is -2.21. The van der Waals surface area contributed by atoms with Crippen LogP contribution in [0.3, 0.4) is 0 Å². The summed E-state index contributed by atoms with van der Waals surface area (Å²) in [5.41, 5.74) is 10.8. The van der Waals surface area contributed by atoms with Gasteiger partial charge in [-0.3, -0.25) is 47.1 Å². The van der Waals surface area contributed by atoms with Gasteiger partial charge in [-0.25, -0.2) is 9.13 Å². The molecule has 4 atom stereocenters. The number of aromatic nitrogens is 4. The Hall–Kier alpha value is -8.02. The van der Waals surface area contributed by atoms with E-state index in [0.717, 1.165) is 120 Å². The molecule has 2 fully saturated rings. The molecule has 4 unspecified atom stereocenters. The molecule has 0 bridgehead atoms. The Balaban J connectivity index is 0.000000163. The van der Waals surface area contributed by atoms with Gasteiger partial charge in [0.25, 0.3) is 0 Å². The van der Waals surface area contributed by atoms with E-state index in [2.05, 4.69) is 35.8 Å². The fraction of sp³-hybridized carbons (Fsp3) is 0.226. The zero-order valence-electron chi connectivity index (χ0n) is 44.2. The molecule has 4 amide bonds. The number of nitrogens with one attached hydrogen (secondary N) is 2. The second-order valence-corrected chi connectivity index (χ2v) is 24.0. The van der Waals surface area contributed by atoms with Crippen LogP contribution in [0.25, 0.3) is 43.6 Å². The van der Waals surface area contributed by atoms with Gasteiger partial charge in [-0.15, -0.1) is 0 Å². The summed E-state index contributed by atoms with van der Waals surface area (Å²) in [5, 5.41) is 3.58. The average molecular weight is 1140 g/mol. The number of phosphoric acid groups is 2. The summed E-state index contributed by atoms with van der Waals surface area (Å²) in [6.45, 7) is 0.187. The van der Waals surface area contributed by atoms with Gasteiger partial charge < -0.3 is 28.9 Å². The molecule has 8 heterocycles. The van der Waals surface area contributed by atoms with Crippen molar-refractivity contribution >= 4 is 82.9 Å². The maximum atomic E-state index is 14.5. The van der Waals surface area contributed by atoms with Crippen molar-refractivity contribution < 1.29 is 56.2 Å². The van der Waals surface area contributed by atoms with Crippen LogP contribution in [0, 0.1) is 0 Å². The Morgan fingerprint density at radius 2 is 0.841 bits per heavy atom. The van der Waals surface area contributed by atoms with E-state index in [0.29, 0.717) is 5.56 Å². The predicted molar refractivity (Wildman–Crippen MR) is 306 cm³/mol. The molecular weight excluding hydrogens is 1080 g/mol. The van der Waals surface area contributed by atoms with Crippen LogP contribution >= 0.6 is 15.6 Å². The number of hydrogen-bond acceptors (Lipinski definition) is 10. The second-order valence-electron chi connectivity index (χ2n) is 21.1. The van der Waals surface area contributed by atoms with E-state index in [4.69, 9.17) is 13.6 Å². The van der Waals surface area contributed by atoms with E-state index < -0.39 is 76.4 Å². The zero-order chi connectivity index (χ0) is 56.3. The lowest BCUT2D eigenvalue weighted by Crippen LogP contribution is -2.33. The van der Waals surface area contributed by atoms with Crippen LogP contribution in [0.15, 0.2) is 170 Å². The first-order chi connectivity index (χ1) is 39.8. The maximum absolute atomic E-state index is 14.5. The predicted octanol–water partition coefficient (Wildman–Crippen LogP) is 11.2. The number of aryl methyl sites for hydroxylation is 4. The van der Waals surface area contributed by atoms with Crippen LogP contribution in [-0.4, -0.2) is 75.8 Å². The molecule has 0 radical (unpaired) electrons. The van der Waals surface area contributed by atoms with Gasteiger partial charge in [0, 0.05) is 70.5 Å². The van der Waals surface area contributed by atoms with Crippen LogP contribution in [0.1, 0.15) is 81.0 Å². The molecule has 0 saturated carbocycles. The highest BCUT2D eigenvalue weighted by molar-refractivity contribution is 7.48. The van der Waals surface area contributed by atoms with E-state index in [1.165, 1.54) is 11.1 Å². The summed E-state index contributed by atoms with van der Waals surface area (Å²) in [5.74, 6) is -5.26. The highest BCUT2D eigenvalue weighted by Crippen LogP contribution is 2.54. The highest BCUT2D eigenvalue weighted by atomic mass is 31.2. The number of carbonyl (C=O) groups is 4. The number of imide groups is 2. The van der Waals surface area contributed by atoms with Crippen molar-refractivity contribution in [1.29, 1.82) is 0 Å². The molecule has 18 nitrogen and oxygen atoms in total. The Morgan fingerprint density at radius 3 is 1.28 bits per heavy atom. The van der Waals surface area contributed by atoms with Crippen molar-refractivity contribution in [3.8, 4) is 0 Å². The normalized spacial score (nSPS) is 19.1. The van der Waals surface area contributed by atoms with Crippen LogP contribution in [0.4, 0.5) is 0 Å². The Labute approximate surface area is 470 Å². The van der Waals surface area contributed by atoms with Crippen molar-refractivity contribution in [2.75, 3.05) is 13.5 Å². The van der Waals surface area contributed by atoms with E-state index in [-0.39, 0.29) is 13.2 Å². The summed E-state index contributed by atoms with van der Waals surface area (Å²) in [4.78, 5) is 82.9. The standard InChI is InChI=1S/C38H34N3O6P.C24H22N3O6P/c42-37-34(31-21-39-33-19-8-7-17-29(31)33)35(32-22-40-20-10-16-28-15-9-18-30(32)36(28)40)38(43)41(37)25-47-48(44,45-23-26-11-3-1-4-12-26)46-24-27-13-5-2-6-14-27;28-23-20(17-11-25-19-9-2-1-7-15(17)19)21(24(29)27(23)13-33-34(30,31)32)18-12-26-10-4-6-14-5-3-8-16(18)22(14)26/h1-9,11-15,17-19,21-22,34-35,39H,10,16,20,23-25H2;1-3,5,7-9,11-12,20-21,25H,4,6,10,13H2,(H2,30,31,32). The van der Waals surface area contributed by atoms with Gasteiger partial charge in [0.2, 0.25) is 23.6 Å². The number of benzene rings is 6. The van der Waals surface area contributed by atoms with Crippen LogP contribution < -0.4 is 0 Å². The number of hydrogen-bond donors (Lipinski definition) is 4. The number of likely N-dealkylation sites (tertiary alicyclic amines) is 2. The number of carbonyl (C=O) groups excluding carboxylic acids is 4. The number of nitrogens with zero attached hydrogens (tertiary/aromatic N) is 4. The van der Waals surface area contributed by atoms with Crippen LogP contribution in [-0.2, 0) is 85.5 Å². The Kier molecular flexibility index (Phi) is 14.1. The van der Waals surface area contributed by atoms with Crippen molar-refractivity contribution in [3.63, 3.8) is 0 Å². The summed E-state index contributed by atoms with van der Waals surface area (Å²) < 4.78 is 51.8. The average Bonchev–Trinajstić information content (AvgIpc) is 2.74. The molecule has 0 aliphatic carbocycles. The topological polar surface area (TPSA) is 228 Å². The molecular formula is C62H56N6O12P2. The first-order valence-electron chi connectivity index (χ1n) is 27.2. The second kappa shape index (κ2) is 21.7. The maximum Gasteiger partial charge on any atom is 0.477 e. The van der Waals surface area contributed by atoms with E-state index in [1.54, 1.807) is 6.20 Å². The van der Waals surface area contributed by atoms with Gasteiger partial charge in [0.1, 0.15) is 13.5 Å². The van der Waals surface area contributed by atoms with Crippen molar-refractivity contribution in [1.82, 2.24) is 28.9 Å². The van der Waals surface area contributed by atoms with E-state index in [1.807, 2.05) is 152 Å². The van der Waals surface area contributed by atoms with Gasteiger partial charge >= 0.3 is 15.6 Å². The molecule has 4 aromatic heterocycles. The fourth-order valence-corrected chi connectivity index (χ4v) is 13.9. The molecule has 6 aromatic carbocycles. The summed E-state index contributed by atoms with van der Waals surface area (Å²) in [7, 11) is -9.14. The van der Waals surface area contributed by atoms with Crippen molar-refractivity contribution in [2.24, 2.45) is 0 Å². The van der Waals surface area contributed by atoms with Gasteiger partial charge in [0.05, 0.1) is 47.9 Å². The molecule has 4 aliphatic rings. The Bertz CT molecular complexity index is 4180. The third-order valence-corrected chi connectivity index (χ3v) is 18.0. The van der Waals surface area contributed by atoms with Gasteiger partial charge in [-0.1, -0.05) is 133 Å². The number of para-hydroxylation sites is 4. The SMILES string of the molecule is O=C1C(c2c[nH]c3ccccc23)C(c2cn3c4c(cccc24)CCC3)C(=O)N1COP(=O)(O)O.O=C1C(c2c[nH]c3ccccc23)C(c2cn3c4c(cccc24)CCC3)C(=O)N1COP(=O)(OCc1ccccc1)OCc1ccccc1.